The predicted molar refractivity (Wildman–Crippen MR) is 48.9 cm³/mol. The number of methoxy groups -OCH3 is 1. The largest absolute Gasteiger partial charge is 0.465 e. The highest BCUT2D eigenvalue weighted by molar-refractivity contribution is 5.93. The summed E-state index contributed by atoms with van der Waals surface area (Å²) in [5.74, 6) is -0.275. The third kappa shape index (κ3) is 1.08. The number of hydrogen-bond donors (Lipinski definition) is 0. The molecule has 3 nitrogen and oxygen atoms in total. The normalized spacial score (nSPS) is 24.2. The van der Waals surface area contributed by atoms with Gasteiger partial charge in [0.15, 0.2) is 0 Å². The van der Waals surface area contributed by atoms with E-state index < -0.39 is 0 Å². The zero-order chi connectivity index (χ0) is 9.42. The fraction of sp³-hybridized carbons (Fsp3) is 0.300. The molecular formula is C10H11NO2. The molecule has 0 aromatic carbocycles. The highest BCUT2D eigenvalue weighted by atomic mass is 16.5. The van der Waals surface area contributed by atoms with Crippen molar-refractivity contribution in [2.45, 2.75) is 6.04 Å². The predicted octanol–water partition coefficient (Wildman–Crippen LogP) is 0.853. The van der Waals surface area contributed by atoms with Crippen LogP contribution in [0.25, 0.3) is 0 Å². The molecule has 0 aromatic rings. The lowest BCUT2D eigenvalue weighted by Gasteiger charge is -2.25. The minimum Gasteiger partial charge on any atom is -0.465 e. The molecule has 0 radical (unpaired) electrons. The minimum atomic E-state index is -0.275. The third-order valence-corrected chi connectivity index (χ3v) is 2.42. The Hall–Kier alpha value is -1.51. The average Bonchev–Trinajstić information content (AvgIpc) is 2.41. The molecule has 2 rings (SSSR count). The van der Waals surface area contributed by atoms with E-state index in [-0.39, 0.29) is 5.97 Å². The quantitative estimate of drug-likeness (QED) is 0.556. The fourth-order valence-electron chi connectivity index (χ4n) is 1.63. The van der Waals surface area contributed by atoms with Gasteiger partial charge in [0.25, 0.3) is 0 Å². The van der Waals surface area contributed by atoms with Crippen LogP contribution in [-0.4, -0.2) is 31.1 Å². The standard InChI is InChI=1S/C10H11NO2/c1-11-7-3-5-8(10(12)13-2)9(11)6-4-7/h3-7H,1-2H3/t7-/m1/s1. The smallest absolute Gasteiger partial charge is 0.339 e. The summed E-state index contributed by atoms with van der Waals surface area (Å²) in [6.45, 7) is 0. The van der Waals surface area contributed by atoms with Crippen LogP contribution in [0.1, 0.15) is 0 Å². The number of allylic oxidation sites excluding steroid dienone is 1. The van der Waals surface area contributed by atoms with E-state index in [2.05, 4.69) is 10.8 Å². The summed E-state index contributed by atoms with van der Waals surface area (Å²) in [6, 6.07) is 0.309. The molecule has 0 fully saturated rings. The van der Waals surface area contributed by atoms with E-state index in [1.54, 1.807) is 0 Å². The van der Waals surface area contributed by atoms with Crippen LogP contribution in [0.4, 0.5) is 0 Å². The van der Waals surface area contributed by atoms with Crippen molar-refractivity contribution < 1.29 is 9.53 Å². The summed E-state index contributed by atoms with van der Waals surface area (Å²) in [4.78, 5) is 13.4. The van der Waals surface area contributed by atoms with E-state index in [9.17, 15) is 4.79 Å². The van der Waals surface area contributed by atoms with Crippen molar-refractivity contribution in [2.24, 2.45) is 0 Å². The van der Waals surface area contributed by atoms with E-state index in [1.165, 1.54) is 7.11 Å². The molecule has 3 heteroatoms. The Morgan fingerprint density at radius 1 is 1.46 bits per heavy atom. The Bertz CT molecular complexity index is 339. The van der Waals surface area contributed by atoms with Crippen LogP contribution < -0.4 is 0 Å². The molecule has 2 aliphatic heterocycles. The van der Waals surface area contributed by atoms with E-state index in [0.717, 1.165) is 5.70 Å². The first-order chi connectivity index (χ1) is 6.24. The van der Waals surface area contributed by atoms with Crippen LogP contribution in [0.5, 0.6) is 0 Å². The summed E-state index contributed by atoms with van der Waals surface area (Å²) < 4.78 is 4.68. The Kier molecular flexibility index (Phi) is 1.72. The first kappa shape index (κ1) is 8.10. The summed E-state index contributed by atoms with van der Waals surface area (Å²) in [7, 11) is 3.36. The van der Waals surface area contributed by atoms with Crippen molar-refractivity contribution >= 4 is 5.97 Å². The van der Waals surface area contributed by atoms with Gasteiger partial charge in [-0.2, -0.15) is 0 Å². The van der Waals surface area contributed by atoms with Crippen LogP contribution in [0.3, 0.4) is 0 Å². The molecule has 2 aliphatic rings. The van der Waals surface area contributed by atoms with Gasteiger partial charge >= 0.3 is 5.97 Å². The van der Waals surface area contributed by atoms with Gasteiger partial charge in [0.1, 0.15) is 0 Å². The number of ether oxygens (including phenoxy) is 1. The van der Waals surface area contributed by atoms with Crippen LogP contribution in [-0.2, 0) is 9.53 Å². The van der Waals surface area contributed by atoms with Gasteiger partial charge in [0, 0.05) is 7.05 Å². The van der Waals surface area contributed by atoms with Crippen LogP contribution in [0, 0.1) is 0 Å². The van der Waals surface area contributed by atoms with Crippen molar-refractivity contribution in [1.82, 2.24) is 4.90 Å². The van der Waals surface area contributed by atoms with Crippen molar-refractivity contribution in [2.75, 3.05) is 14.2 Å². The van der Waals surface area contributed by atoms with Gasteiger partial charge in [0.05, 0.1) is 24.4 Å². The Balaban J connectivity index is 2.42. The average molecular weight is 177 g/mol. The lowest BCUT2D eigenvalue weighted by molar-refractivity contribution is -0.135. The molecule has 0 spiro atoms. The Morgan fingerprint density at radius 2 is 2.15 bits per heavy atom. The molecule has 0 amide bonds. The SMILES string of the molecule is COC(=O)C1=C2C=C[C@@H](C=C1)N2C. The maximum Gasteiger partial charge on any atom is 0.339 e. The van der Waals surface area contributed by atoms with Crippen molar-refractivity contribution in [3.8, 4) is 0 Å². The van der Waals surface area contributed by atoms with Gasteiger partial charge in [-0.1, -0.05) is 12.2 Å². The first-order valence-electron chi connectivity index (χ1n) is 4.16. The summed E-state index contributed by atoms with van der Waals surface area (Å²) in [5, 5.41) is 0. The molecule has 2 bridgehead atoms. The Morgan fingerprint density at radius 3 is 2.85 bits per heavy atom. The zero-order valence-corrected chi connectivity index (χ0v) is 7.65. The van der Waals surface area contributed by atoms with Crippen molar-refractivity contribution in [3.63, 3.8) is 0 Å². The molecule has 0 unspecified atom stereocenters. The highest BCUT2D eigenvalue weighted by Crippen LogP contribution is 2.27. The summed E-state index contributed by atoms with van der Waals surface area (Å²) in [5.41, 5.74) is 1.58. The fourth-order valence-corrected chi connectivity index (χ4v) is 1.63. The van der Waals surface area contributed by atoms with Gasteiger partial charge < -0.3 is 9.64 Å². The lowest BCUT2D eigenvalue weighted by Crippen LogP contribution is -2.27. The molecule has 0 aliphatic carbocycles. The molecule has 1 atom stereocenters. The van der Waals surface area contributed by atoms with E-state index in [1.807, 2.05) is 30.2 Å². The number of fused-ring (bicyclic) bond motifs is 2. The molecular weight excluding hydrogens is 166 g/mol. The molecule has 13 heavy (non-hydrogen) atoms. The van der Waals surface area contributed by atoms with Crippen LogP contribution in [0.2, 0.25) is 0 Å². The first-order valence-corrected chi connectivity index (χ1v) is 4.16. The van der Waals surface area contributed by atoms with E-state index in [0.29, 0.717) is 11.6 Å². The van der Waals surface area contributed by atoms with Crippen molar-refractivity contribution in [1.29, 1.82) is 0 Å². The van der Waals surface area contributed by atoms with Gasteiger partial charge in [-0.25, -0.2) is 4.79 Å². The molecule has 0 saturated heterocycles. The molecule has 68 valence electrons. The number of rotatable bonds is 1. The topological polar surface area (TPSA) is 29.5 Å². The maximum absolute atomic E-state index is 11.3. The second kappa shape index (κ2) is 2.76. The molecule has 0 N–H and O–H groups in total. The summed E-state index contributed by atoms with van der Waals surface area (Å²) >= 11 is 0. The third-order valence-electron chi connectivity index (χ3n) is 2.42. The van der Waals surface area contributed by atoms with E-state index >= 15 is 0 Å². The monoisotopic (exact) mass is 177 g/mol. The van der Waals surface area contributed by atoms with Crippen LogP contribution >= 0.6 is 0 Å². The summed E-state index contributed by atoms with van der Waals surface area (Å²) in [6.07, 6.45) is 7.82. The number of likely N-dealkylation sites (N-methyl/N-ethyl adjacent to an activating group) is 1. The maximum atomic E-state index is 11.3. The van der Waals surface area contributed by atoms with Gasteiger partial charge in [-0.3, -0.25) is 0 Å². The number of esters is 1. The van der Waals surface area contributed by atoms with E-state index in [4.69, 9.17) is 0 Å². The molecule has 0 aromatic heterocycles. The molecule has 2 heterocycles. The number of carbonyl (C=O) groups excluding carboxylic acids is 1. The van der Waals surface area contributed by atoms with Gasteiger partial charge in [-0.05, 0) is 12.2 Å². The van der Waals surface area contributed by atoms with Gasteiger partial charge in [0.2, 0.25) is 0 Å². The number of nitrogens with zero attached hydrogens (tertiary/aromatic N) is 1. The number of hydrogen-bond acceptors (Lipinski definition) is 3. The van der Waals surface area contributed by atoms with Gasteiger partial charge in [-0.15, -0.1) is 0 Å². The minimum absolute atomic E-state index is 0.275. The lowest BCUT2D eigenvalue weighted by atomic mass is 10.1. The zero-order valence-electron chi connectivity index (χ0n) is 7.65. The Labute approximate surface area is 77.0 Å². The van der Waals surface area contributed by atoms with Crippen molar-refractivity contribution in [3.05, 3.63) is 35.6 Å². The highest BCUT2D eigenvalue weighted by Gasteiger charge is 2.26. The molecule has 0 saturated carbocycles. The van der Waals surface area contributed by atoms with Crippen LogP contribution in [0.15, 0.2) is 35.6 Å². The number of carbonyl (C=O) groups is 1. The second-order valence-electron chi connectivity index (χ2n) is 3.11. The second-order valence-corrected chi connectivity index (χ2v) is 3.11.